The van der Waals surface area contributed by atoms with E-state index in [-0.39, 0.29) is 5.41 Å². The standard InChI is InChI=1S/C34H21N/c1-8-16-32-22(9-1)18-20-33(35-32)23-17-19-27-26-12-4-7-15-30(26)34(31(27)21-23)28-13-5-2-10-24(28)25-11-3-6-14-29(25)34/h1-21H. The van der Waals surface area contributed by atoms with E-state index in [1.54, 1.807) is 0 Å². The Morgan fingerprint density at radius 1 is 0.429 bits per heavy atom. The Morgan fingerprint density at radius 3 is 1.63 bits per heavy atom. The van der Waals surface area contributed by atoms with Gasteiger partial charge in [0, 0.05) is 10.9 Å². The lowest BCUT2D eigenvalue weighted by Gasteiger charge is -2.30. The maximum atomic E-state index is 5.02. The molecular formula is C34H21N. The molecule has 0 amide bonds. The molecule has 0 saturated heterocycles. The van der Waals surface area contributed by atoms with Gasteiger partial charge in [0.2, 0.25) is 0 Å². The lowest BCUT2D eigenvalue weighted by atomic mass is 9.70. The summed E-state index contributed by atoms with van der Waals surface area (Å²) in [6.45, 7) is 0. The van der Waals surface area contributed by atoms with Gasteiger partial charge in [0.25, 0.3) is 0 Å². The van der Waals surface area contributed by atoms with Crippen molar-refractivity contribution in [1.29, 1.82) is 0 Å². The van der Waals surface area contributed by atoms with Gasteiger partial charge in [-0.2, -0.15) is 0 Å². The van der Waals surface area contributed by atoms with Crippen LogP contribution in [0.25, 0.3) is 44.4 Å². The van der Waals surface area contributed by atoms with Crippen LogP contribution in [0.3, 0.4) is 0 Å². The number of aromatic nitrogens is 1. The molecule has 1 spiro atoms. The number of pyridine rings is 1. The maximum Gasteiger partial charge on any atom is 0.0725 e. The molecule has 0 unspecified atom stereocenters. The van der Waals surface area contributed by atoms with Crippen LogP contribution in [0.2, 0.25) is 0 Å². The molecule has 1 aromatic heterocycles. The molecule has 1 nitrogen and oxygen atoms in total. The van der Waals surface area contributed by atoms with Gasteiger partial charge in [0.05, 0.1) is 16.6 Å². The molecule has 0 atom stereocenters. The van der Waals surface area contributed by atoms with Crippen LogP contribution >= 0.6 is 0 Å². The fourth-order valence-corrected chi connectivity index (χ4v) is 6.48. The number of nitrogens with zero attached hydrogens (tertiary/aromatic N) is 1. The van der Waals surface area contributed by atoms with Gasteiger partial charge in [-0.3, -0.25) is 0 Å². The summed E-state index contributed by atoms with van der Waals surface area (Å²) in [6.07, 6.45) is 0. The van der Waals surface area contributed by atoms with Crippen LogP contribution in [0.15, 0.2) is 127 Å². The Balaban J connectivity index is 1.47. The van der Waals surface area contributed by atoms with Crippen LogP contribution in [0, 0.1) is 0 Å². The zero-order valence-electron chi connectivity index (χ0n) is 19.1. The highest BCUT2D eigenvalue weighted by atomic mass is 14.7. The molecule has 0 aliphatic heterocycles. The predicted molar refractivity (Wildman–Crippen MR) is 143 cm³/mol. The van der Waals surface area contributed by atoms with Gasteiger partial charge in [-0.1, -0.05) is 109 Å². The van der Waals surface area contributed by atoms with Crippen molar-refractivity contribution in [3.05, 3.63) is 150 Å². The first-order chi connectivity index (χ1) is 17.4. The molecule has 8 rings (SSSR count). The Bertz CT molecular complexity index is 1750. The molecule has 2 aliphatic carbocycles. The molecule has 0 saturated carbocycles. The van der Waals surface area contributed by atoms with Gasteiger partial charge >= 0.3 is 0 Å². The number of benzene rings is 5. The highest BCUT2D eigenvalue weighted by Crippen LogP contribution is 2.62. The van der Waals surface area contributed by atoms with Crippen molar-refractivity contribution in [3.63, 3.8) is 0 Å². The van der Waals surface area contributed by atoms with Crippen molar-refractivity contribution in [2.24, 2.45) is 0 Å². The summed E-state index contributed by atoms with van der Waals surface area (Å²) in [6, 6.07) is 46.4. The number of hydrogen-bond acceptors (Lipinski definition) is 1. The van der Waals surface area contributed by atoms with Gasteiger partial charge in [-0.05, 0) is 62.7 Å². The number of para-hydroxylation sites is 1. The molecule has 35 heavy (non-hydrogen) atoms. The quantitative estimate of drug-likeness (QED) is 0.249. The molecular weight excluding hydrogens is 422 g/mol. The van der Waals surface area contributed by atoms with Crippen molar-refractivity contribution in [3.8, 4) is 33.5 Å². The van der Waals surface area contributed by atoms with Crippen molar-refractivity contribution in [2.45, 2.75) is 5.41 Å². The average molecular weight is 444 g/mol. The zero-order chi connectivity index (χ0) is 23.0. The second kappa shape index (κ2) is 6.77. The van der Waals surface area contributed by atoms with Crippen LogP contribution < -0.4 is 0 Å². The monoisotopic (exact) mass is 443 g/mol. The zero-order valence-corrected chi connectivity index (χ0v) is 19.1. The van der Waals surface area contributed by atoms with Gasteiger partial charge in [0.1, 0.15) is 0 Å². The third kappa shape index (κ3) is 2.35. The molecule has 0 fully saturated rings. The number of hydrogen-bond donors (Lipinski definition) is 0. The highest BCUT2D eigenvalue weighted by Gasteiger charge is 2.51. The smallest absolute Gasteiger partial charge is 0.0725 e. The Morgan fingerprint density at radius 2 is 0.971 bits per heavy atom. The van der Waals surface area contributed by atoms with Crippen molar-refractivity contribution in [2.75, 3.05) is 0 Å². The minimum atomic E-state index is -0.314. The SMILES string of the molecule is c1ccc2c(c1)-c1ccccc1C21c2ccccc2-c2ccc(-c3ccc4ccccc4n3)cc21. The Labute approximate surface area is 204 Å². The summed E-state index contributed by atoms with van der Waals surface area (Å²) in [4.78, 5) is 5.02. The van der Waals surface area contributed by atoms with Crippen LogP contribution in [0.5, 0.6) is 0 Å². The third-order valence-corrected chi connectivity index (χ3v) is 7.89. The van der Waals surface area contributed by atoms with E-state index in [0.717, 1.165) is 16.8 Å². The van der Waals surface area contributed by atoms with Crippen molar-refractivity contribution < 1.29 is 0 Å². The van der Waals surface area contributed by atoms with Gasteiger partial charge in [0.15, 0.2) is 0 Å². The molecule has 1 heterocycles. The average Bonchev–Trinajstić information content (AvgIpc) is 3.40. The minimum absolute atomic E-state index is 0.314. The van der Waals surface area contributed by atoms with Crippen LogP contribution in [0.4, 0.5) is 0 Å². The third-order valence-electron chi connectivity index (χ3n) is 7.89. The second-order valence-corrected chi connectivity index (χ2v) is 9.54. The summed E-state index contributed by atoms with van der Waals surface area (Å²) in [5, 5.41) is 1.17. The van der Waals surface area contributed by atoms with E-state index in [9.17, 15) is 0 Å². The first-order valence-corrected chi connectivity index (χ1v) is 12.2. The maximum absolute atomic E-state index is 5.02. The molecule has 0 N–H and O–H groups in total. The van der Waals surface area contributed by atoms with Gasteiger partial charge < -0.3 is 0 Å². The fourth-order valence-electron chi connectivity index (χ4n) is 6.48. The van der Waals surface area contributed by atoms with E-state index in [4.69, 9.17) is 4.98 Å². The van der Waals surface area contributed by atoms with Gasteiger partial charge in [-0.25, -0.2) is 4.98 Å². The Hall–Kier alpha value is -4.49. The van der Waals surface area contributed by atoms with Crippen LogP contribution in [0.1, 0.15) is 22.3 Å². The summed E-state index contributed by atoms with van der Waals surface area (Å²) < 4.78 is 0. The molecule has 1 heteroatoms. The first kappa shape index (κ1) is 18.9. The summed E-state index contributed by atoms with van der Waals surface area (Å²) in [5.41, 5.74) is 13.7. The minimum Gasteiger partial charge on any atom is -0.248 e. The van der Waals surface area contributed by atoms with E-state index < -0.39 is 0 Å². The second-order valence-electron chi connectivity index (χ2n) is 9.54. The van der Waals surface area contributed by atoms with E-state index >= 15 is 0 Å². The number of rotatable bonds is 1. The molecule has 162 valence electrons. The largest absolute Gasteiger partial charge is 0.248 e. The van der Waals surface area contributed by atoms with E-state index in [0.29, 0.717) is 0 Å². The molecule has 6 aromatic rings. The van der Waals surface area contributed by atoms with Crippen molar-refractivity contribution >= 4 is 10.9 Å². The van der Waals surface area contributed by atoms with E-state index in [2.05, 4.69) is 127 Å². The summed E-state index contributed by atoms with van der Waals surface area (Å²) in [5.74, 6) is 0. The van der Waals surface area contributed by atoms with Crippen molar-refractivity contribution in [1.82, 2.24) is 4.98 Å². The molecule has 2 aliphatic rings. The topological polar surface area (TPSA) is 12.9 Å². The summed E-state index contributed by atoms with van der Waals surface area (Å²) >= 11 is 0. The molecule has 0 radical (unpaired) electrons. The van der Waals surface area contributed by atoms with Gasteiger partial charge in [-0.15, -0.1) is 0 Å². The lowest BCUT2D eigenvalue weighted by molar-refractivity contribution is 0.794. The normalized spacial score (nSPS) is 13.9. The summed E-state index contributed by atoms with van der Waals surface area (Å²) in [7, 11) is 0. The van der Waals surface area contributed by atoms with E-state index in [1.807, 2.05) is 0 Å². The van der Waals surface area contributed by atoms with E-state index in [1.165, 1.54) is 49.9 Å². The predicted octanol–water partition coefficient (Wildman–Crippen LogP) is 8.25. The first-order valence-electron chi connectivity index (χ1n) is 12.2. The molecule has 5 aromatic carbocycles. The highest BCUT2D eigenvalue weighted by molar-refractivity contribution is 5.96. The number of fused-ring (bicyclic) bond motifs is 11. The Kier molecular flexibility index (Phi) is 3.65. The lowest BCUT2D eigenvalue weighted by Crippen LogP contribution is -2.25. The van der Waals surface area contributed by atoms with Crippen LogP contribution in [-0.2, 0) is 5.41 Å². The van der Waals surface area contributed by atoms with Crippen LogP contribution in [-0.4, -0.2) is 4.98 Å². The molecule has 0 bridgehead atoms. The fraction of sp³-hybridized carbons (Fsp3) is 0.0294.